The summed E-state index contributed by atoms with van der Waals surface area (Å²) in [6.45, 7) is 1.84. The largest absolute Gasteiger partial charge is 0.493 e. The lowest BCUT2D eigenvalue weighted by molar-refractivity contribution is -0.129. The van der Waals surface area contributed by atoms with Gasteiger partial charge >= 0.3 is 5.97 Å². The monoisotopic (exact) mass is 246 g/mol. The molecule has 0 spiro atoms. The zero-order valence-electron chi connectivity index (χ0n) is 10.3. The van der Waals surface area contributed by atoms with Gasteiger partial charge in [0, 0.05) is 11.6 Å². The number of ether oxygens (including phenoxy) is 2. The van der Waals surface area contributed by atoms with E-state index in [9.17, 15) is 9.59 Å². The maximum Gasteiger partial charge on any atom is 0.336 e. The second-order valence-electron chi connectivity index (χ2n) is 3.33. The Morgan fingerprint density at radius 2 is 2.00 bits per heavy atom. The van der Waals surface area contributed by atoms with Gasteiger partial charge in [0.2, 0.25) is 0 Å². The lowest BCUT2D eigenvalue weighted by Crippen LogP contribution is -2.05. The first-order valence-electron chi connectivity index (χ1n) is 5.35. The van der Waals surface area contributed by atoms with Gasteiger partial charge in [-0.3, -0.25) is 4.79 Å². The number of esters is 1. The van der Waals surface area contributed by atoms with E-state index in [0.29, 0.717) is 17.6 Å². The molecular weight excluding hydrogens is 232 g/mol. The summed E-state index contributed by atoms with van der Waals surface area (Å²) in [5, 5.41) is 0. The number of carbonyl (C=O) groups excluding carboxylic acids is 2. The van der Waals surface area contributed by atoms with E-state index in [-0.39, 0.29) is 5.75 Å². The molecule has 1 rings (SSSR count). The first kappa shape index (κ1) is 13.7. The van der Waals surface area contributed by atoms with Crippen molar-refractivity contribution in [3.8, 4) is 11.5 Å². The summed E-state index contributed by atoms with van der Waals surface area (Å²) < 4.78 is 10.1. The average molecular weight is 246 g/mol. The van der Waals surface area contributed by atoms with E-state index in [1.165, 1.54) is 25.3 Å². The Morgan fingerprint density at radius 1 is 1.22 bits per heavy atom. The maximum absolute atomic E-state index is 11.4. The smallest absolute Gasteiger partial charge is 0.336 e. The van der Waals surface area contributed by atoms with Crippen LogP contribution in [0.4, 0.5) is 0 Å². The quantitative estimate of drug-likeness (QED) is 0.263. The van der Waals surface area contributed by atoms with Crippen LogP contribution in [0, 0.1) is 0 Å². The van der Waals surface area contributed by atoms with E-state index < -0.39 is 5.97 Å². The van der Waals surface area contributed by atoms with E-state index in [0.717, 1.165) is 0 Å². The summed E-state index contributed by atoms with van der Waals surface area (Å²) in [4.78, 5) is 22.0. The zero-order valence-corrected chi connectivity index (χ0v) is 10.3. The van der Waals surface area contributed by atoms with Crippen molar-refractivity contribution in [2.45, 2.75) is 6.92 Å². The normalized spacial score (nSPS) is 10.8. The van der Waals surface area contributed by atoms with Crippen LogP contribution in [0.5, 0.6) is 11.5 Å². The van der Waals surface area contributed by atoms with Gasteiger partial charge in [0.15, 0.2) is 11.5 Å². The molecule has 4 heteroatoms. The molecule has 0 saturated heterocycles. The molecule has 1 aromatic rings. The van der Waals surface area contributed by atoms with Gasteiger partial charge in [0.05, 0.1) is 7.11 Å². The van der Waals surface area contributed by atoms with Crippen LogP contribution >= 0.6 is 0 Å². The highest BCUT2D eigenvalue weighted by Gasteiger charge is 2.08. The second-order valence-corrected chi connectivity index (χ2v) is 3.33. The number of aldehydes is 1. The van der Waals surface area contributed by atoms with E-state index in [4.69, 9.17) is 9.47 Å². The number of rotatable bonds is 5. The molecule has 1 aromatic carbocycles. The average Bonchev–Trinajstić information content (AvgIpc) is 2.39. The van der Waals surface area contributed by atoms with Gasteiger partial charge in [-0.25, -0.2) is 4.79 Å². The van der Waals surface area contributed by atoms with Crippen LogP contribution in [0.15, 0.2) is 42.5 Å². The molecule has 0 aliphatic rings. The first-order chi connectivity index (χ1) is 8.71. The van der Waals surface area contributed by atoms with Crippen LogP contribution in [-0.4, -0.2) is 19.4 Å². The van der Waals surface area contributed by atoms with Gasteiger partial charge in [0.25, 0.3) is 0 Å². The van der Waals surface area contributed by atoms with Crippen molar-refractivity contribution < 1.29 is 19.1 Å². The van der Waals surface area contributed by atoms with Crippen molar-refractivity contribution in [1.29, 1.82) is 0 Å². The van der Waals surface area contributed by atoms with Crippen LogP contribution in [0.1, 0.15) is 17.3 Å². The number of hydrogen-bond donors (Lipinski definition) is 0. The van der Waals surface area contributed by atoms with Gasteiger partial charge in [-0.1, -0.05) is 18.2 Å². The van der Waals surface area contributed by atoms with Crippen molar-refractivity contribution in [2.75, 3.05) is 7.11 Å². The third kappa shape index (κ3) is 3.90. The summed E-state index contributed by atoms with van der Waals surface area (Å²) in [6.07, 6.45) is 7.08. The molecule has 0 aromatic heterocycles. The van der Waals surface area contributed by atoms with Crippen LogP contribution in [-0.2, 0) is 4.79 Å². The second kappa shape index (κ2) is 7.06. The Hall–Kier alpha value is -2.36. The van der Waals surface area contributed by atoms with Gasteiger partial charge in [-0.15, -0.1) is 0 Å². The fourth-order valence-corrected chi connectivity index (χ4v) is 1.23. The Balaban J connectivity index is 2.83. The van der Waals surface area contributed by atoms with Gasteiger partial charge in [0.1, 0.15) is 6.29 Å². The molecule has 0 fully saturated rings. The van der Waals surface area contributed by atoms with E-state index in [2.05, 4.69) is 0 Å². The van der Waals surface area contributed by atoms with E-state index in [1.807, 2.05) is 6.92 Å². The molecular formula is C14H14O4. The van der Waals surface area contributed by atoms with Gasteiger partial charge in [-0.2, -0.15) is 0 Å². The van der Waals surface area contributed by atoms with Crippen LogP contribution in [0.3, 0.4) is 0 Å². The Kier molecular flexibility index (Phi) is 5.38. The lowest BCUT2D eigenvalue weighted by atomic mass is 10.2. The van der Waals surface area contributed by atoms with Crippen molar-refractivity contribution in [3.05, 3.63) is 48.1 Å². The van der Waals surface area contributed by atoms with Crippen molar-refractivity contribution in [2.24, 2.45) is 0 Å². The standard InChI is InChI=1S/C14H14O4/c1-3-4-5-6-14(16)18-12-8-7-11(10-15)9-13(12)17-2/h3-10H,1-2H3. The summed E-state index contributed by atoms with van der Waals surface area (Å²) in [6, 6.07) is 4.57. The van der Waals surface area contributed by atoms with E-state index in [1.54, 1.807) is 24.3 Å². The fourth-order valence-electron chi connectivity index (χ4n) is 1.23. The molecule has 0 saturated carbocycles. The van der Waals surface area contributed by atoms with Gasteiger partial charge in [-0.05, 0) is 25.1 Å². The molecule has 4 nitrogen and oxygen atoms in total. The minimum absolute atomic E-state index is 0.276. The molecule has 0 N–H and O–H groups in total. The molecule has 0 unspecified atom stereocenters. The number of benzene rings is 1. The zero-order chi connectivity index (χ0) is 13.4. The van der Waals surface area contributed by atoms with Crippen LogP contribution in [0.2, 0.25) is 0 Å². The molecule has 0 radical (unpaired) electrons. The summed E-state index contributed by atoms with van der Waals surface area (Å²) in [7, 11) is 1.44. The number of hydrogen-bond acceptors (Lipinski definition) is 4. The minimum Gasteiger partial charge on any atom is -0.493 e. The highest BCUT2D eigenvalue weighted by Crippen LogP contribution is 2.27. The Labute approximate surface area is 106 Å². The molecule has 0 aliphatic heterocycles. The third-order valence-electron chi connectivity index (χ3n) is 2.07. The van der Waals surface area contributed by atoms with Crippen molar-refractivity contribution >= 4 is 12.3 Å². The van der Waals surface area contributed by atoms with E-state index >= 15 is 0 Å². The minimum atomic E-state index is -0.509. The topological polar surface area (TPSA) is 52.6 Å². The molecule has 94 valence electrons. The predicted octanol–water partition coefficient (Wildman–Crippen LogP) is 2.55. The van der Waals surface area contributed by atoms with Crippen LogP contribution in [0.25, 0.3) is 0 Å². The highest BCUT2D eigenvalue weighted by molar-refractivity contribution is 5.85. The van der Waals surface area contributed by atoms with Crippen molar-refractivity contribution in [3.63, 3.8) is 0 Å². The summed E-state index contributed by atoms with van der Waals surface area (Å²) >= 11 is 0. The molecule has 0 amide bonds. The highest BCUT2D eigenvalue weighted by atomic mass is 16.6. The maximum atomic E-state index is 11.4. The van der Waals surface area contributed by atoms with Crippen molar-refractivity contribution in [1.82, 2.24) is 0 Å². The Morgan fingerprint density at radius 3 is 2.61 bits per heavy atom. The molecule has 0 atom stereocenters. The predicted molar refractivity (Wildman–Crippen MR) is 68.0 cm³/mol. The third-order valence-corrected chi connectivity index (χ3v) is 2.07. The first-order valence-corrected chi connectivity index (χ1v) is 5.35. The number of methoxy groups -OCH3 is 1. The van der Waals surface area contributed by atoms with Gasteiger partial charge < -0.3 is 9.47 Å². The summed E-state index contributed by atoms with van der Waals surface area (Å²) in [5.74, 6) is 0.107. The molecule has 18 heavy (non-hydrogen) atoms. The Bertz CT molecular complexity index is 487. The molecule has 0 bridgehead atoms. The summed E-state index contributed by atoms with van der Waals surface area (Å²) in [5.41, 5.74) is 0.455. The molecule has 0 heterocycles. The number of allylic oxidation sites excluding steroid dienone is 3. The SMILES string of the molecule is CC=CC=CC(=O)Oc1ccc(C=O)cc1OC. The lowest BCUT2D eigenvalue weighted by Gasteiger charge is -2.07. The fraction of sp³-hybridized carbons (Fsp3) is 0.143. The number of carbonyl (C=O) groups is 2. The molecule has 0 aliphatic carbocycles. The van der Waals surface area contributed by atoms with Crippen LogP contribution < -0.4 is 9.47 Å².